The first-order chi connectivity index (χ1) is 7.74. The number of hydrogen-bond acceptors (Lipinski definition) is 3. The van der Waals surface area contributed by atoms with Gasteiger partial charge in [-0.05, 0) is 37.1 Å². The van der Waals surface area contributed by atoms with E-state index in [4.69, 9.17) is 0 Å². The van der Waals surface area contributed by atoms with Gasteiger partial charge in [0.25, 0.3) is 0 Å². The van der Waals surface area contributed by atoms with Crippen LogP contribution in [-0.2, 0) is 0 Å². The average Bonchev–Trinajstić information content (AvgIpc) is 2.74. The number of rotatable bonds is 2. The van der Waals surface area contributed by atoms with Crippen LogP contribution in [0.4, 0.5) is 10.5 Å². The molecule has 1 aromatic rings. The number of thiophene rings is 1. The monoisotopic (exact) mass is 240 g/mol. The van der Waals surface area contributed by atoms with Crippen molar-refractivity contribution in [1.29, 1.82) is 0 Å². The summed E-state index contributed by atoms with van der Waals surface area (Å²) in [7, 11) is 0. The fraction of sp³-hybridized carbons (Fsp3) is 0.545. The number of urea groups is 1. The normalized spacial score (nSPS) is 25.1. The molecule has 1 aliphatic carbocycles. The topological polar surface area (TPSA) is 61.4 Å². The number of nitrogens with one attached hydrogen (secondary N) is 2. The zero-order chi connectivity index (χ0) is 11.4. The molecule has 1 aliphatic rings. The summed E-state index contributed by atoms with van der Waals surface area (Å²) in [5.74, 6) is 0. The van der Waals surface area contributed by atoms with Gasteiger partial charge in [-0.2, -0.15) is 11.3 Å². The Morgan fingerprint density at radius 3 is 2.75 bits per heavy atom. The predicted octanol–water partition coefficient (Wildman–Crippen LogP) is 2.17. The minimum atomic E-state index is -0.182. The molecule has 5 heteroatoms. The second-order valence-corrected chi connectivity index (χ2v) is 4.90. The van der Waals surface area contributed by atoms with Crippen LogP contribution in [0.1, 0.15) is 25.7 Å². The lowest BCUT2D eigenvalue weighted by Gasteiger charge is -2.26. The Balaban J connectivity index is 1.75. The smallest absolute Gasteiger partial charge is 0.319 e. The van der Waals surface area contributed by atoms with Crippen LogP contribution in [0.5, 0.6) is 0 Å². The molecule has 2 rings (SSSR count). The third kappa shape index (κ3) is 3.21. The Morgan fingerprint density at radius 1 is 1.38 bits per heavy atom. The van der Waals surface area contributed by atoms with Crippen LogP contribution in [-0.4, -0.2) is 23.3 Å². The maximum atomic E-state index is 11.6. The van der Waals surface area contributed by atoms with E-state index in [0.29, 0.717) is 0 Å². The average molecular weight is 240 g/mol. The van der Waals surface area contributed by atoms with Crippen LogP contribution >= 0.6 is 11.3 Å². The van der Waals surface area contributed by atoms with Gasteiger partial charge in [-0.1, -0.05) is 0 Å². The fourth-order valence-corrected chi connectivity index (χ4v) is 2.50. The molecule has 0 atom stereocenters. The maximum absolute atomic E-state index is 11.6. The highest BCUT2D eigenvalue weighted by atomic mass is 32.1. The molecule has 3 N–H and O–H groups in total. The zero-order valence-corrected chi connectivity index (χ0v) is 9.80. The standard InChI is InChI=1S/C11H16N2O2S/c14-10-3-1-8(2-4-10)12-11(15)13-9-5-6-16-7-9/h5-8,10,14H,1-4H2,(H2,12,13,15). The molecule has 0 radical (unpaired) electrons. The van der Waals surface area contributed by atoms with Gasteiger partial charge in [0.2, 0.25) is 0 Å². The number of hydrogen-bond donors (Lipinski definition) is 3. The van der Waals surface area contributed by atoms with Gasteiger partial charge < -0.3 is 15.7 Å². The third-order valence-corrected chi connectivity index (χ3v) is 3.49. The van der Waals surface area contributed by atoms with Crippen LogP contribution in [0.25, 0.3) is 0 Å². The molecular weight excluding hydrogens is 224 g/mol. The molecule has 0 spiro atoms. The number of aliphatic hydroxyl groups excluding tert-OH is 1. The number of aliphatic hydroxyl groups is 1. The van der Waals surface area contributed by atoms with Crippen molar-refractivity contribution in [2.45, 2.75) is 37.8 Å². The molecule has 1 fully saturated rings. The van der Waals surface area contributed by atoms with Crippen LogP contribution in [0.15, 0.2) is 16.8 Å². The minimum absolute atomic E-state index is 0.153. The molecule has 2 amide bonds. The molecular formula is C11H16N2O2S. The van der Waals surface area contributed by atoms with E-state index in [0.717, 1.165) is 31.4 Å². The van der Waals surface area contributed by atoms with E-state index >= 15 is 0 Å². The molecule has 0 unspecified atom stereocenters. The van der Waals surface area contributed by atoms with Gasteiger partial charge in [0, 0.05) is 11.4 Å². The summed E-state index contributed by atoms with van der Waals surface area (Å²) < 4.78 is 0. The van der Waals surface area contributed by atoms with Gasteiger partial charge in [0.05, 0.1) is 11.8 Å². The van der Waals surface area contributed by atoms with E-state index in [-0.39, 0.29) is 18.2 Å². The van der Waals surface area contributed by atoms with Crippen molar-refractivity contribution in [3.8, 4) is 0 Å². The first-order valence-electron chi connectivity index (χ1n) is 5.52. The SMILES string of the molecule is O=C(Nc1ccsc1)NC1CCC(O)CC1. The number of carbonyl (C=O) groups excluding carboxylic acids is 1. The second-order valence-electron chi connectivity index (χ2n) is 4.12. The highest BCUT2D eigenvalue weighted by Crippen LogP contribution is 2.18. The van der Waals surface area contributed by atoms with Gasteiger partial charge in [0.15, 0.2) is 0 Å². The van der Waals surface area contributed by atoms with Crippen LogP contribution in [0.2, 0.25) is 0 Å². The van der Waals surface area contributed by atoms with Gasteiger partial charge in [-0.25, -0.2) is 4.79 Å². The lowest BCUT2D eigenvalue weighted by molar-refractivity contribution is 0.118. The fourth-order valence-electron chi connectivity index (χ4n) is 1.91. The van der Waals surface area contributed by atoms with Crippen LogP contribution in [0.3, 0.4) is 0 Å². The Morgan fingerprint density at radius 2 is 2.12 bits per heavy atom. The van der Waals surface area contributed by atoms with E-state index < -0.39 is 0 Å². The first-order valence-corrected chi connectivity index (χ1v) is 6.46. The lowest BCUT2D eigenvalue weighted by Crippen LogP contribution is -2.40. The maximum Gasteiger partial charge on any atom is 0.319 e. The highest BCUT2D eigenvalue weighted by molar-refractivity contribution is 7.08. The Labute approximate surface area is 98.7 Å². The summed E-state index contributed by atoms with van der Waals surface area (Å²) in [6.45, 7) is 0. The zero-order valence-electron chi connectivity index (χ0n) is 8.98. The quantitative estimate of drug-likeness (QED) is 0.742. The number of anilines is 1. The first kappa shape index (κ1) is 11.4. The molecule has 4 nitrogen and oxygen atoms in total. The van der Waals surface area contributed by atoms with E-state index in [2.05, 4.69) is 10.6 Å². The molecule has 88 valence electrons. The summed E-state index contributed by atoms with van der Waals surface area (Å²) in [6.07, 6.45) is 3.10. The number of amides is 2. The van der Waals surface area contributed by atoms with E-state index in [1.165, 1.54) is 0 Å². The van der Waals surface area contributed by atoms with Gasteiger partial charge >= 0.3 is 6.03 Å². The van der Waals surface area contributed by atoms with Crippen molar-refractivity contribution < 1.29 is 9.90 Å². The van der Waals surface area contributed by atoms with E-state index in [1.807, 2.05) is 16.8 Å². The highest BCUT2D eigenvalue weighted by Gasteiger charge is 2.20. The summed E-state index contributed by atoms with van der Waals surface area (Å²) >= 11 is 1.55. The van der Waals surface area contributed by atoms with Crippen molar-refractivity contribution in [2.24, 2.45) is 0 Å². The van der Waals surface area contributed by atoms with Crippen LogP contribution < -0.4 is 10.6 Å². The summed E-state index contributed by atoms with van der Waals surface area (Å²) in [5, 5.41) is 18.9. The molecule has 0 bridgehead atoms. The molecule has 1 saturated carbocycles. The van der Waals surface area contributed by atoms with Gasteiger partial charge in [0.1, 0.15) is 0 Å². The van der Waals surface area contributed by atoms with E-state index in [9.17, 15) is 9.90 Å². The number of carbonyl (C=O) groups is 1. The van der Waals surface area contributed by atoms with Crippen molar-refractivity contribution in [3.63, 3.8) is 0 Å². The van der Waals surface area contributed by atoms with Crippen LogP contribution in [0, 0.1) is 0 Å². The summed E-state index contributed by atoms with van der Waals surface area (Å²) in [5.41, 5.74) is 0.832. The third-order valence-electron chi connectivity index (χ3n) is 2.81. The van der Waals surface area contributed by atoms with Crippen molar-refractivity contribution in [2.75, 3.05) is 5.32 Å². The van der Waals surface area contributed by atoms with Gasteiger partial charge in [-0.3, -0.25) is 0 Å². The largest absolute Gasteiger partial charge is 0.393 e. The molecule has 16 heavy (non-hydrogen) atoms. The summed E-state index contributed by atoms with van der Waals surface area (Å²) in [4.78, 5) is 11.6. The molecule has 0 aliphatic heterocycles. The molecule has 0 saturated heterocycles. The molecule has 1 aromatic heterocycles. The summed E-state index contributed by atoms with van der Waals surface area (Å²) in [6, 6.07) is 1.91. The Hall–Kier alpha value is -1.07. The van der Waals surface area contributed by atoms with Crippen molar-refractivity contribution >= 4 is 23.1 Å². The molecule has 0 aromatic carbocycles. The predicted molar refractivity (Wildman–Crippen MR) is 64.7 cm³/mol. The van der Waals surface area contributed by atoms with Crippen molar-refractivity contribution in [3.05, 3.63) is 16.8 Å². The minimum Gasteiger partial charge on any atom is -0.393 e. The molecule has 1 heterocycles. The Kier molecular flexibility index (Phi) is 3.79. The van der Waals surface area contributed by atoms with Crippen molar-refractivity contribution in [1.82, 2.24) is 5.32 Å². The second kappa shape index (κ2) is 5.32. The Bertz CT molecular complexity index is 332. The van der Waals surface area contributed by atoms with E-state index in [1.54, 1.807) is 11.3 Å². The van der Waals surface area contributed by atoms with Gasteiger partial charge in [-0.15, -0.1) is 0 Å². The lowest BCUT2D eigenvalue weighted by atomic mass is 9.93.